The Morgan fingerprint density at radius 1 is 1.26 bits per heavy atom. The van der Waals surface area contributed by atoms with E-state index in [1.807, 2.05) is 47.0 Å². The van der Waals surface area contributed by atoms with Crippen LogP contribution in [-0.2, 0) is 4.79 Å². The summed E-state index contributed by atoms with van der Waals surface area (Å²) in [5, 5.41) is 0. The van der Waals surface area contributed by atoms with E-state index in [4.69, 9.17) is 5.73 Å². The van der Waals surface area contributed by atoms with Crippen molar-refractivity contribution in [2.24, 2.45) is 5.73 Å². The molecule has 2 N–H and O–H groups in total. The van der Waals surface area contributed by atoms with E-state index in [0.717, 1.165) is 36.6 Å². The molecule has 1 aliphatic rings. The van der Waals surface area contributed by atoms with Crippen LogP contribution in [-0.4, -0.2) is 35.4 Å². The lowest BCUT2D eigenvalue weighted by Crippen LogP contribution is -2.34. The van der Waals surface area contributed by atoms with E-state index in [0.29, 0.717) is 6.42 Å². The van der Waals surface area contributed by atoms with Crippen LogP contribution in [0, 0.1) is 0 Å². The Bertz CT molecular complexity index is 380. The second kappa shape index (κ2) is 8.46. The lowest BCUT2D eigenvalue weighted by atomic mass is 10.0. The third-order valence-corrected chi connectivity index (χ3v) is 4.25. The molecule has 3 nitrogen and oxygen atoms in total. The minimum absolute atomic E-state index is 0. The van der Waals surface area contributed by atoms with Crippen molar-refractivity contribution in [3.05, 3.63) is 35.9 Å². The highest BCUT2D eigenvalue weighted by Crippen LogP contribution is 2.17. The average molecular weight is 301 g/mol. The molecule has 1 atom stereocenters. The van der Waals surface area contributed by atoms with E-state index < -0.39 is 0 Å². The van der Waals surface area contributed by atoms with Crippen LogP contribution in [0.3, 0.4) is 0 Å². The summed E-state index contributed by atoms with van der Waals surface area (Å²) in [7, 11) is 0. The van der Waals surface area contributed by atoms with E-state index in [9.17, 15) is 4.79 Å². The molecule has 1 fully saturated rings. The number of thioether (sulfide) groups is 1. The van der Waals surface area contributed by atoms with Crippen LogP contribution in [0.4, 0.5) is 0 Å². The Balaban J connectivity index is 0.00000180. The van der Waals surface area contributed by atoms with Gasteiger partial charge in [-0.15, -0.1) is 12.4 Å². The third-order valence-electron chi connectivity index (χ3n) is 3.20. The number of benzene rings is 1. The third kappa shape index (κ3) is 5.05. The summed E-state index contributed by atoms with van der Waals surface area (Å²) in [6.45, 7) is 1.75. The van der Waals surface area contributed by atoms with Gasteiger partial charge in [0.2, 0.25) is 5.91 Å². The monoisotopic (exact) mass is 300 g/mol. The van der Waals surface area contributed by atoms with E-state index in [-0.39, 0.29) is 24.4 Å². The van der Waals surface area contributed by atoms with Gasteiger partial charge in [0.25, 0.3) is 0 Å². The summed E-state index contributed by atoms with van der Waals surface area (Å²) in [6, 6.07) is 9.66. The highest BCUT2D eigenvalue weighted by Gasteiger charge is 2.18. The predicted octanol–water partition coefficient (Wildman–Crippen LogP) is 2.46. The van der Waals surface area contributed by atoms with Crippen LogP contribution < -0.4 is 5.73 Å². The van der Waals surface area contributed by atoms with Crippen molar-refractivity contribution < 1.29 is 4.79 Å². The van der Waals surface area contributed by atoms with E-state index in [1.54, 1.807) is 0 Å². The Morgan fingerprint density at radius 2 is 2.00 bits per heavy atom. The molecule has 1 aromatic rings. The lowest BCUT2D eigenvalue weighted by Gasteiger charge is -2.22. The first-order valence-corrected chi connectivity index (χ1v) is 7.59. The van der Waals surface area contributed by atoms with Crippen LogP contribution in [0.15, 0.2) is 30.3 Å². The molecule has 5 heteroatoms. The van der Waals surface area contributed by atoms with Gasteiger partial charge < -0.3 is 10.6 Å². The zero-order valence-electron chi connectivity index (χ0n) is 11.0. The molecule has 1 unspecified atom stereocenters. The molecular formula is C14H21ClN2OS. The van der Waals surface area contributed by atoms with Crippen LogP contribution in [0.2, 0.25) is 0 Å². The molecule has 0 saturated carbocycles. The van der Waals surface area contributed by atoms with Gasteiger partial charge in [0.05, 0.1) is 0 Å². The zero-order chi connectivity index (χ0) is 12.8. The van der Waals surface area contributed by atoms with Crippen LogP contribution in [0.5, 0.6) is 0 Å². The van der Waals surface area contributed by atoms with Gasteiger partial charge in [-0.3, -0.25) is 4.79 Å². The summed E-state index contributed by atoms with van der Waals surface area (Å²) >= 11 is 1.93. The van der Waals surface area contributed by atoms with Crippen LogP contribution >= 0.6 is 24.2 Å². The van der Waals surface area contributed by atoms with Crippen molar-refractivity contribution in [2.75, 3.05) is 24.6 Å². The molecule has 1 aliphatic heterocycles. The summed E-state index contributed by atoms with van der Waals surface area (Å²) in [5.41, 5.74) is 7.13. The average Bonchev–Trinajstić information content (AvgIpc) is 2.68. The Labute approximate surface area is 125 Å². The van der Waals surface area contributed by atoms with Gasteiger partial charge >= 0.3 is 0 Å². The maximum Gasteiger partial charge on any atom is 0.224 e. The van der Waals surface area contributed by atoms with Crippen molar-refractivity contribution in [2.45, 2.75) is 18.9 Å². The summed E-state index contributed by atoms with van der Waals surface area (Å²) in [5.74, 6) is 2.40. The standard InChI is InChI=1S/C14H20N2OS.ClH/c15-13(12-5-2-1-3-6-12)11-14(17)16-7-4-9-18-10-8-16;/h1-3,5-6,13H,4,7-11,15H2;1H. The van der Waals surface area contributed by atoms with Crippen LogP contribution in [0.25, 0.3) is 0 Å². The zero-order valence-corrected chi connectivity index (χ0v) is 12.6. The SMILES string of the molecule is Cl.NC(CC(=O)N1CCCSCC1)c1ccccc1. The van der Waals surface area contributed by atoms with Gasteiger partial charge in [-0.25, -0.2) is 0 Å². The van der Waals surface area contributed by atoms with Gasteiger partial charge in [0.1, 0.15) is 0 Å². The molecule has 1 aromatic carbocycles. The number of carbonyl (C=O) groups is 1. The summed E-state index contributed by atoms with van der Waals surface area (Å²) in [6.07, 6.45) is 1.51. The molecule has 1 saturated heterocycles. The van der Waals surface area contributed by atoms with Crippen LogP contribution in [0.1, 0.15) is 24.4 Å². The first-order chi connectivity index (χ1) is 8.77. The fourth-order valence-electron chi connectivity index (χ4n) is 2.13. The second-order valence-electron chi connectivity index (χ2n) is 4.57. The number of amides is 1. The summed E-state index contributed by atoms with van der Waals surface area (Å²) < 4.78 is 0. The first-order valence-electron chi connectivity index (χ1n) is 6.43. The molecule has 0 spiro atoms. The van der Waals surface area contributed by atoms with Gasteiger partial charge in [-0.05, 0) is 17.7 Å². The predicted molar refractivity (Wildman–Crippen MR) is 83.8 cm³/mol. The number of nitrogens with zero attached hydrogens (tertiary/aromatic N) is 1. The Hall–Kier alpha value is -0.710. The van der Waals surface area contributed by atoms with Crippen molar-refractivity contribution in [3.63, 3.8) is 0 Å². The second-order valence-corrected chi connectivity index (χ2v) is 5.79. The number of carbonyl (C=O) groups excluding carboxylic acids is 1. The van der Waals surface area contributed by atoms with E-state index >= 15 is 0 Å². The topological polar surface area (TPSA) is 46.3 Å². The molecule has 19 heavy (non-hydrogen) atoms. The molecule has 0 aliphatic carbocycles. The van der Waals surface area contributed by atoms with Gasteiger partial charge in [0.15, 0.2) is 0 Å². The van der Waals surface area contributed by atoms with Crippen molar-refractivity contribution in [1.82, 2.24) is 4.90 Å². The molecule has 2 rings (SSSR count). The smallest absolute Gasteiger partial charge is 0.224 e. The minimum atomic E-state index is -0.186. The minimum Gasteiger partial charge on any atom is -0.342 e. The Kier molecular flexibility index (Phi) is 7.28. The fraction of sp³-hybridized carbons (Fsp3) is 0.500. The fourth-order valence-corrected chi connectivity index (χ4v) is 3.02. The molecule has 0 bridgehead atoms. The quantitative estimate of drug-likeness (QED) is 0.933. The normalized spacial score (nSPS) is 17.2. The van der Waals surface area contributed by atoms with Crippen molar-refractivity contribution >= 4 is 30.1 Å². The van der Waals surface area contributed by atoms with Crippen molar-refractivity contribution in [1.29, 1.82) is 0 Å². The van der Waals surface area contributed by atoms with E-state index in [2.05, 4.69) is 0 Å². The highest BCUT2D eigenvalue weighted by molar-refractivity contribution is 7.99. The number of halogens is 1. The number of rotatable bonds is 3. The van der Waals surface area contributed by atoms with E-state index in [1.165, 1.54) is 0 Å². The Morgan fingerprint density at radius 3 is 2.74 bits per heavy atom. The summed E-state index contributed by atoms with van der Waals surface area (Å²) in [4.78, 5) is 14.1. The first kappa shape index (κ1) is 16.3. The van der Waals surface area contributed by atoms with Gasteiger partial charge in [-0.1, -0.05) is 30.3 Å². The lowest BCUT2D eigenvalue weighted by molar-refractivity contribution is -0.131. The molecular weight excluding hydrogens is 280 g/mol. The molecule has 0 radical (unpaired) electrons. The molecule has 1 amide bonds. The maximum atomic E-state index is 12.2. The van der Waals surface area contributed by atoms with Gasteiger partial charge in [-0.2, -0.15) is 11.8 Å². The molecule has 106 valence electrons. The number of nitrogens with two attached hydrogens (primary N) is 1. The molecule has 1 heterocycles. The number of hydrogen-bond acceptors (Lipinski definition) is 3. The van der Waals surface area contributed by atoms with Crippen molar-refractivity contribution in [3.8, 4) is 0 Å². The molecule has 0 aromatic heterocycles. The highest BCUT2D eigenvalue weighted by atomic mass is 35.5. The largest absolute Gasteiger partial charge is 0.342 e. The number of hydrogen-bond donors (Lipinski definition) is 1. The van der Waals surface area contributed by atoms with Gasteiger partial charge in [0, 0.05) is 31.3 Å². The maximum absolute atomic E-state index is 12.2.